The van der Waals surface area contributed by atoms with Gasteiger partial charge in [-0.05, 0) is 48.7 Å². The van der Waals surface area contributed by atoms with E-state index in [1.807, 2.05) is 53.4 Å². The van der Waals surface area contributed by atoms with Gasteiger partial charge in [-0.15, -0.1) is 0 Å². The predicted molar refractivity (Wildman–Crippen MR) is 125 cm³/mol. The lowest BCUT2D eigenvalue weighted by Crippen LogP contribution is -2.45. The van der Waals surface area contributed by atoms with Crippen LogP contribution >= 0.6 is 0 Å². The van der Waals surface area contributed by atoms with Crippen LogP contribution in [0.1, 0.15) is 34.2 Å². The van der Waals surface area contributed by atoms with Crippen LogP contribution in [-0.2, 0) is 29.1 Å². The van der Waals surface area contributed by atoms with E-state index in [4.69, 9.17) is 4.42 Å². The van der Waals surface area contributed by atoms with E-state index in [1.165, 1.54) is 6.92 Å². The molecule has 0 aliphatic rings. The van der Waals surface area contributed by atoms with E-state index in [2.05, 4.69) is 10.6 Å². The predicted octanol–water partition coefficient (Wildman–Crippen LogP) is 2.96. The Labute approximate surface area is 193 Å². The number of benzene rings is 2. The molecular weight excluding hydrogens is 418 g/mol. The molecule has 1 heterocycles. The number of nitrogens with one attached hydrogen (secondary N) is 2. The highest BCUT2D eigenvalue weighted by atomic mass is 16.3. The van der Waals surface area contributed by atoms with Crippen LogP contribution in [-0.4, -0.2) is 42.1 Å². The second kappa shape index (κ2) is 11.8. The Morgan fingerprint density at radius 1 is 0.909 bits per heavy atom. The van der Waals surface area contributed by atoms with Gasteiger partial charge in [0.2, 0.25) is 5.91 Å². The Kier molecular flexibility index (Phi) is 8.55. The summed E-state index contributed by atoms with van der Waals surface area (Å²) in [5.74, 6) is 0.258. The number of hydrogen-bond acceptors (Lipinski definition) is 5. The minimum atomic E-state index is -0.586. The van der Waals surface area contributed by atoms with E-state index in [0.29, 0.717) is 25.1 Å². The number of ketones is 1. The second-order valence-corrected chi connectivity index (χ2v) is 7.92. The largest absolute Gasteiger partial charge is 0.468 e. The number of nitrogens with zero attached hydrogens (tertiary/aromatic N) is 1. The molecule has 0 saturated carbocycles. The third-order valence-corrected chi connectivity index (χ3v) is 5.28. The Hall–Kier alpha value is -3.71. The number of furan rings is 1. The van der Waals surface area contributed by atoms with Crippen molar-refractivity contribution >= 4 is 17.6 Å². The molecule has 0 bridgehead atoms. The van der Waals surface area contributed by atoms with Crippen LogP contribution < -0.4 is 10.6 Å². The first kappa shape index (κ1) is 23.9. The normalized spacial score (nSPS) is 11.7. The van der Waals surface area contributed by atoms with E-state index >= 15 is 0 Å². The van der Waals surface area contributed by atoms with Crippen LogP contribution in [0, 0.1) is 0 Å². The molecule has 1 aromatic heterocycles. The van der Waals surface area contributed by atoms with E-state index in [-0.39, 0.29) is 24.1 Å². The van der Waals surface area contributed by atoms with Gasteiger partial charge in [-0.2, -0.15) is 0 Å². The fraction of sp³-hybridized carbons (Fsp3) is 0.269. The van der Waals surface area contributed by atoms with Crippen LogP contribution in [0.25, 0.3) is 0 Å². The summed E-state index contributed by atoms with van der Waals surface area (Å²) in [7, 11) is 1.59. The number of rotatable bonds is 11. The van der Waals surface area contributed by atoms with Crippen molar-refractivity contribution in [2.24, 2.45) is 0 Å². The zero-order valence-corrected chi connectivity index (χ0v) is 18.9. The summed E-state index contributed by atoms with van der Waals surface area (Å²) in [6.45, 7) is 2.49. The minimum Gasteiger partial charge on any atom is -0.468 e. The van der Waals surface area contributed by atoms with Gasteiger partial charge >= 0.3 is 0 Å². The van der Waals surface area contributed by atoms with Gasteiger partial charge in [0.1, 0.15) is 5.76 Å². The first-order valence-electron chi connectivity index (χ1n) is 10.8. The summed E-state index contributed by atoms with van der Waals surface area (Å²) in [6.07, 6.45) is 2.04. The SMILES string of the molecule is CNC(=O)c1ccc(CN(CC(=O)NC(Cc2ccccc2)C(C)=O)Cc2ccco2)cc1. The third-order valence-electron chi connectivity index (χ3n) is 5.28. The molecule has 2 amide bonds. The molecule has 0 radical (unpaired) electrons. The quantitative estimate of drug-likeness (QED) is 0.472. The first-order valence-corrected chi connectivity index (χ1v) is 10.8. The molecule has 1 unspecified atom stereocenters. The van der Waals surface area contributed by atoms with Gasteiger partial charge in [-0.25, -0.2) is 0 Å². The Morgan fingerprint density at radius 3 is 2.24 bits per heavy atom. The van der Waals surface area contributed by atoms with Crippen LogP contribution in [0.4, 0.5) is 0 Å². The van der Waals surface area contributed by atoms with Gasteiger partial charge in [0.25, 0.3) is 5.91 Å². The maximum absolute atomic E-state index is 12.9. The van der Waals surface area contributed by atoms with Crippen LogP contribution in [0.3, 0.4) is 0 Å². The lowest BCUT2D eigenvalue weighted by Gasteiger charge is -2.23. The van der Waals surface area contributed by atoms with E-state index in [1.54, 1.807) is 31.5 Å². The molecule has 7 heteroatoms. The van der Waals surface area contributed by atoms with Gasteiger partial charge in [0.05, 0.1) is 25.4 Å². The van der Waals surface area contributed by atoms with Gasteiger partial charge in [-0.3, -0.25) is 19.3 Å². The molecule has 2 N–H and O–H groups in total. The van der Waals surface area contributed by atoms with Crippen molar-refractivity contribution in [2.45, 2.75) is 32.5 Å². The summed E-state index contributed by atoms with van der Waals surface area (Å²) in [6, 6.07) is 19.9. The average Bonchev–Trinajstić information content (AvgIpc) is 3.32. The lowest BCUT2D eigenvalue weighted by atomic mass is 10.0. The molecule has 7 nitrogen and oxygen atoms in total. The monoisotopic (exact) mass is 447 g/mol. The molecule has 3 rings (SSSR count). The van der Waals surface area contributed by atoms with Gasteiger partial charge in [-0.1, -0.05) is 42.5 Å². The molecular formula is C26H29N3O4. The van der Waals surface area contributed by atoms with Crippen molar-refractivity contribution in [1.29, 1.82) is 0 Å². The van der Waals surface area contributed by atoms with Gasteiger partial charge in [0, 0.05) is 19.2 Å². The molecule has 0 aliphatic heterocycles. The smallest absolute Gasteiger partial charge is 0.251 e. The zero-order chi connectivity index (χ0) is 23.6. The summed E-state index contributed by atoms with van der Waals surface area (Å²) < 4.78 is 5.47. The van der Waals surface area contributed by atoms with Crippen molar-refractivity contribution in [2.75, 3.05) is 13.6 Å². The number of carbonyl (C=O) groups is 3. The molecule has 1 atom stereocenters. The fourth-order valence-corrected chi connectivity index (χ4v) is 3.54. The summed E-state index contributed by atoms with van der Waals surface area (Å²) in [4.78, 5) is 38.7. The Balaban J connectivity index is 1.67. The second-order valence-electron chi connectivity index (χ2n) is 7.92. The lowest BCUT2D eigenvalue weighted by molar-refractivity contribution is -0.127. The molecule has 2 aromatic carbocycles. The fourth-order valence-electron chi connectivity index (χ4n) is 3.54. The summed E-state index contributed by atoms with van der Waals surface area (Å²) in [5.41, 5.74) is 2.51. The molecule has 0 spiro atoms. The Bertz CT molecular complexity index is 1050. The molecule has 3 aromatic rings. The highest BCUT2D eigenvalue weighted by Gasteiger charge is 2.20. The van der Waals surface area contributed by atoms with E-state index < -0.39 is 6.04 Å². The molecule has 0 fully saturated rings. The van der Waals surface area contributed by atoms with Crippen molar-refractivity contribution in [3.63, 3.8) is 0 Å². The molecule has 0 aliphatic carbocycles. The topological polar surface area (TPSA) is 91.7 Å². The molecule has 0 saturated heterocycles. The molecule has 172 valence electrons. The third kappa shape index (κ3) is 7.43. The highest BCUT2D eigenvalue weighted by molar-refractivity contribution is 5.94. The van der Waals surface area contributed by atoms with E-state index in [0.717, 1.165) is 16.9 Å². The Morgan fingerprint density at radius 2 is 1.64 bits per heavy atom. The van der Waals surface area contributed by atoms with Crippen molar-refractivity contribution in [3.8, 4) is 0 Å². The van der Waals surface area contributed by atoms with Gasteiger partial charge < -0.3 is 15.1 Å². The van der Waals surface area contributed by atoms with Crippen molar-refractivity contribution in [1.82, 2.24) is 15.5 Å². The number of amides is 2. The van der Waals surface area contributed by atoms with Crippen molar-refractivity contribution < 1.29 is 18.8 Å². The standard InChI is InChI=1S/C26H29N3O4/c1-19(30)24(15-20-7-4-3-5-8-20)28-25(31)18-29(17-23-9-6-14-33-23)16-21-10-12-22(13-11-21)26(32)27-2/h3-14,24H,15-18H2,1-2H3,(H,27,32)(H,28,31). The highest BCUT2D eigenvalue weighted by Crippen LogP contribution is 2.12. The zero-order valence-electron chi connectivity index (χ0n) is 18.9. The first-order chi connectivity index (χ1) is 15.9. The number of hydrogen-bond donors (Lipinski definition) is 2. The summed E-state index contributed by atoms with van der Waals surface area (Å²) >= 11 is 0. The van der Waals surface area contributed by atoms with Crippen LogP contribution in [0.15, 0.2) is 77.4 Å². The minimum absolute atomic E-state index is 0.0884. The van der Waals surface area contributed by atoms with E-state index in [9.17, 15) is 14.4 Å². The number of carbonyl (C=O) groups excluding carboxylic acids is 3. The maximum atomic E-state index is 12.9. The maximum Gasteiger partial charge on any atom is 0.251 e. The van der Waals surface area contributed by atoms with Crippen LogP contribution in [0.5, 0.6) is 0 Å². The van der Waals surface area contributed by atoms with Gasteiger partial charge in [0.15, 0.2) is 5.78 Å². The van der Waals surface area contributed by atoms with Crippen LogP contribution in [0.2, 0.25) is 0 Å². The average molecular weight is 448 g/mol. The molecule has 33 heavy (non-hydrogen) atoms. The number of Topliss-reactive ketones (excluding diaryl/α,β-unsaturated/α-hetero) is 1. The van der Waals surface area contributed by atoms with Crippen molar-refractivity contribution in [3.05, 3.63) is 95.4 Å². The summed E-state index contributed by atoms with van der Waals surface area (Å²) in [5, 5.41) is 5.48.